The summed E-state index contributed by atoms with van der Waals surface area (Å²) in [6, 6.07) is 6.97. The first kappa shape index (κ1) is 21.9. The van der Waals surface area contributed by atoms with E-state index >= 15 is 0 Å². The van der Waals surface area contributed by atoms with Gasteiger partial charge in [-0.15, -0.1) is 0 Å². The van der Waals surface area contributed by atoms with Gasteiger partial charge in [0.05, 0.1) is 18.4 Å². The predicted octanol–water partition coefficient (Wildman–Crippen LogP) is 3.52. The monoisotopic (exact) mass is 421 g/mol. The van der Waals surface area contributed by atoms with E-state index < -0.39 is 6.61 Å². The molecule has 1 aliphatic rings. The quantitative estimate of drug-likeness (QED) is 0.549. The van der Waals surface area contributed by atoms with Gasteiger partial charge in [0.2, 0.25) is 5.89 Å². The van der Waals surface area contributed by atoms with E-state index in [1.807, 2.05) is 11.0 Å². The van der Waals surface area contributed by atoms with Gasteiger partial charge in [-0.05, 0) is 18.6 Å². The summed E-state index contributed by atoms with van der Waals surface area (Å²) in [6.07, 6.45) is 2.60. The minimum Gasteiger partial charge on any atom is -0.443 e. The number of rotatable bonds is 6. The van der Waals surface area contributed by atoms with Crippen LogP contribution in [0.3, 0.4) is 0 Å². The van der Waals surface area contributed by atoms with Gasteiger partial charge in [0.25, 0.3) is 0 Å². The fraction of sp³-hybridized carbons (Fsp3) is 0.524. The van der Waals surface area contributed by atoms with Crippen LogP contribution in [0.5, 0.6) is 5.75 Å². The van der Waals surface area contributed by atoms with Crippen LogP contribution in [0, 0.1) is 0 Å². The van der Waals surface area contributed by atoms with Crippen molar-refractivity contribution >= 4 is 11.6 Å². The molecule has 7 nitrogen and oxygen atoms in total. The lowest BCUT2D eigenvalue weighted by molar-refractivity contribution is -0.0495. The van der Waals surface area contributed by atoms with Gasteiger partial charge in [0.15, 0.2) is 5.96 Å². The molecule has 9 heteroatoms. The lowest BCUT2D eigenvalue weighted by Gasteiger charge is -2.22. The Labute approximate surface area is 175 Å². The van der Waals surface area contributed by atoms with Crippen LogP contribution < -0.4 is 20.3 Å². The van der Waals surface area contributed by atoms with Gasteiger partial charge in [-0.3, -0.25) is 4.99 Å². The second-order valence-electron chi connectivity index (χ2n) is 8.22. The average Bonchev–Trinajstić information content (AvgIpc) is 3.34. The first-order chi connectivity index (χ1) is 14.3. The van der Waals surface area contributed by atoms with Crippen molar-refractivity contribution in [3.63, 3.8) is 0 Å². The van der Waals surface area contributed by atoms with Gasteiger partial charge in [-0.1, -0.05) is 32.9 Å². The van der Waals surface area contributed by atoms with Gasteiger partial charge >= 0.3 is 6.61 Å². The molecular formula is C21H29F2N5O2. The molecule has 1 aliphatic heterocycles. The van der Waals surface area contributed by atoms with Gasteiger partial charge in [0, 0.05) is 31.6 Å². The minimum atomic E-state index is -2.85. The third kappa shape index (κ3) is 5.61. The highest BCUT2D eigenvalue weighted by atomic mass is 19.3. The Balaban J connectivity index is 1.55. The lowest BCUT2D eigenvalue weighted by atomic mass is 9.94. The minimum absolute atomic E-state index is 0.0944. The third-order valence-corrected chi connectivity index (χ3v) is 4.87. The molecule has 164 valence electrons. The molecule has 1 fully saturated rings. The van der Waals surface area contributed by atoms with Crippen molar-refractivity contribution in [1.82, 2.24) is 15.6 Å². The molecule has 2 heterocycles. The molecule has 0 amide bonds. The van der Waals surface area contributed by atoms with Crippen molar-refractivity contribution in [2.45, 2.75) is 51.8 Å². The number of hydrogen-bond acceptors (Lipinski definition) is 5. The normalized spacial score (nSPS) is 17.5. The van der Waals surface area contributed by atoms with E-state index in [4.69, 9.17) is 4.42 Å². The SMILES string of the molecule is CN=C(NCc1ncc(C(C)(C)C)o1)NC1CCN(c2ccccc2OC(F)F)C1. The zero-order chi connectivity index (χ0) is 21.7. The number of ether oxygens (including phenoxy) is 1. The summed E-state index contributed by atoms with van der Waals surface area (Å²) >= 11 is 0. The Hall–Kier alpha value is -2.84. The largest absolute Gasteiger partial charge is 0.443 e. The van der Waals surface area contributed by atoms with Crippen LogP contribution in [0.2, 0.25) is 0 Å². The molecule has 0 saturated carbocycles. The summed E-state index contributed by atoms with van der Waals surface area (Å²) in [5.74, 6) is 2.25. The van der Waals surface area contributed by atoms with Crippen LogP contribution in [0.4, 0.5) is 14.5 Å². The number of guanidine groups is 1. The third-order valence-electron chi connectivity index (χ3n) is 4.87. The molecule has 1 saturated heterocycles. The standard InChI is InChI=1S/C21H29F2N5O2/c1-21(2,3)17-11-25-18(30-17)12-26-20(24-4)27-14-9-10-28(13-14)15-7-5-6-8-16(15)29-19(22)23/h5-8,11,14,19H,9-10,12-13H2,1-4H3,(H2,24,26,27). The first-order valence-corrected chi connectivity index (χ1v) is 9.97. The van der Waals surface area contributed by atoms with Gasteiger partial charge in [-0.25, -0.2) is 4.98 Å². The number of hydrogen-bond donors (Lipinski definition) is 2. The molecule has 1 aromatic heterocycles. The van der Waals surface area contributed by atoms with Crippen molar-refractivity contribution in [3.8, 4) is 5.75 Å². The van der Waals surface area contributed by atoms with Crippen LogP contribution in [0.25, 0.3) is 0 Å². The molecule has 2 aromatic rings. The van der Waals surface area contributed by atoms with E-state index in [1.165, 1.54) is 0 Å². The van der Waals surface area contributed by atoms with Crippen molar-refractivity contribution in [3.05, 3.63) is 42.1 Å². The molecule has 1 unspecified atom stereocenters. The van der Waals surface area contributed by atoms with Crippen molar-refractivity contribution in [2.75, 3.05) is 25.0 Å². The molecule has 1 atom stereocenters. The zero-order valence-corrected chi connectivity index (χ0v) is 17.8. The topological polar surface area (TPSA) is 74.9 Å². The highest BCUT2D eigenvalue weighted by Gasteiger charge is 2.26. The van der Waals surface area contributed by atoms with E-state index in [0.717, 1.165) is 18.7 Å². The number of anilines is 1. The lowest BCUT2D eigenvalue weighted by Crippen LogP contribution is -2.44. The molecule has 2 N–H and O–H groups in total. The first-order valence-electron chi connectivity index (χ1n) is 9.97. The Morgan fingerprint density at radius 3 is 2.80 bits per heavy atom. The molecule has 0 spiro atoms. The van der Waals surface area contributed by atoms with Crippen LogP contribution in [-0.4, -0.2) is 43.7 Å². The van der Waals surface area contributed by atoms with Crippen LogP contribution >= 0.6 is 0 Å². The maximum atomic E-state index is 12.7. The number of aliphatic imine (C=N–C) groups is 1. The fourth-order valence-electron chi connectivity index (χ4n) is 3.30. The molecule has 30 heavy (non-hydrogen) atoms. The Morgan fingerprint density at radius 2 is 2.13 bits per heavy atom. The van der Waals surface area contributed by atoms with Gasteiger partial charge in [0.1, 0.15) is 11.5 Å². The second kappa shape index (κ2) is 9.32. The summed E-state index contributed by atoms with van der Waals surface area (Å²) in [6.45, 7) is 5.16. The van der Waals surface area contributed by atoms with E-state index in [9.17, 15) is 8.78 Å². The second-order valence-corrected chi connectivity index (χ2v) is 8.22. The predicted molar refractivity (Wildman–Crippen MR) is 112 cm³/mol. The molecular weight excluding hydrogens is 392 g/mol. The maximum Gasteiger partial charge on any atom is 0.387 e. The number of alkyl halides is 2. The molecule has 0 radical (unpaired) electrons. The van der Waals surface area contributed by atoms with E-state index in [-0.39, 0.29) is 17.2 Å². The Morgan fingerprint density at radius 1 is 1.37 bits per heavy atom. The van der Waals surface area contributed by atoms with Crippen molar-refractivity contribution in [1.29, 1.82) is 0 Å². The van der Waals surface area contributed by atoms with E-state index in [1.54, 1.807) is 31.4 Å². The van der Waals surface area contributed by atoms with Crippen LogP contribution in [0.15, 0.2) is 39.9 Å². The van der Waals surface area contributed by atoms with Gasteiger partial charge < -0.3 is 24.7 Å². The molecule has 3 rings (SSSR count). The van der Waals surface area contributed by atoms with Crippen molar-refractivity contribution < 1.29 is 17.9 Å². The summed E-state index contributed by atoms with van der Waals surface area (Å²) in [5.41, 5.74) is 0.572. The fourth-order valence-corrected chi connectivity index (χ4v) is 3.30. The molecule has 0 aliphatic carbocycles. The van der Waals surface area contributed by atoms with Crippen LogP contribution in [-0.2, 0) is 12.0 Å². The summed E-state index contributed by atoms with van der Waals surface area (Å²) in [5, 5.41) is 6.58. The Kier molecular flexibility index (Phi) is 6.79. The highest BCUT2D eigenvalue weighted by Crippen LogP contribution is 2.31. The average molecular weight is 421 g/mol. The number of oxazole rings is 1. The van der Waals surface area contributed by atoms with Crippen LogP contribution in [0.1, 0.15) is 38.8 Å². The smallest absolute Gasteiger partial charge is 0.387 e. The van der Waals surface area contributed by atoms with Crippen molar-refractivity contribution in [2.24, 2.45) is 4.99 Å². The number of nitrogens with zero attached hydrogens (tertiary/aromatic N) is 3. The maximum absolute atomic E-state index is 12.7. The zero-order valence-electron chi connectivity index (χ0n) is 17.8. The number of halogens is 2. The number of para-hydroxylation sites is 2. The van der Waals surface area contributed by atoms with E-state index in [0.29, 0.717) is 30.6 Å². The summed E-state index contributed by atoms with van der Waals surface area (Å²) in [4.78, 5) is 10.6. The van der Waals surface area contributed by atoms with E-state index in [2.05, 4.69) is 46.1 Å². The molecule has 1 aromatic carbocycles. The molecule has 0 bridgehead atoms. The Bertz CT molecular complexity index is 863. The number of aromatic nitrogens is 1. The summed E-state index contributed by atoms with van der Waals surface area (Å²) in [7, 11) is 1.70. The number of nitrogens with one attached hydrogen (secondary N) is 2. The number of benzene rings is 1. The highest BCUT2D eigenvalue weighted by molar-refractivity contribution is 5.80. The summed E-state index contributed by atoms with van der Waals surface area (Å²) < 4.78 is 35.8. The van der Waals surface area contributed by atoms with Gasteiger partial charge in [-0.2, -0.15) is 8.78 Å².